The summed E-state index contributed by atoms with van der Waals surface area (Å²) in [6, 6.07) is 23.1. The third-order valence-corrected chi connectivity index (χ3v) is 6.55. The lowest BCUT2D eigenvalue weighted by atomic mass is 10.0. The summed E-state index contributed by atoms with van der Waals surface area (Å²) < 4.78 is 29.9. The van der Waals surface area contributed by atoms with Crippen LogP contribution in [0.3, 0.4) is 0 Å². The van der Waals surface area contributed by atoms with Gasteiger partial charge in [-0.2, -0.15) is 8.42 Å². The molecule has 32 heavy (non-hydrogen) atoms. The van der Waals surface area contributed by atoms with Crippen molar-refractivity contribution in [1.82, 2.24) is 4.90 Å². The zero-order chi connectivity index (χ0) is 23.1. The number of nitrogens with zero attached hydrogens (tertiary/aromatic N) is 1. The smallest absolute Gasteiger partial charge is 0.339 e. The van der Waals surface area contributed by atoms with Crippen LogP contribution >= 0.6 is 11.6 Å². The molecule has 6 nitrogen and oxygen atoms in total. The molecule has 0 aliphatic carbocycles. The van der Waals surface area contributed by atoms with Crippen molar-refractivity contribution in [3.8, 4) is 5.75 Å². The highest BCUT2D eigenvalue weighted by atomic mass is 35.5. The van der Waals surface area contributed by atoms with E-state index in [4.69, 9.17) is 15.8 Å². The molecule has 0 radical (unpaired) electrons. The number of amides is 1. The molecule has 0 spiro atoms. The second-order valence-electron chi connectivity index (χ2n) is 7.20. The Kier molecular flexibility index (Phi) is 7.90. The summed E-state index contributed by atoms with van der Waals surface area (Å²) >= 11 is 5.79. The van der Waals surface area contributed by atoms with Gasteiger partial charge in [0.1, 0.15) is 16.5 Å². The first-order valence-corrected chi connectivity index (χ1v) is 11.9. The zero-order valence-electron chi connectivity index (χ0n) is 17.5. The zero-order valence-corrected chi connectivity index (χ0v) is 19.0. The van der Waals surface area contributed by atoms with E-state index in [9.17, 15) is 18.3 Å². The van der Waals surface area contributed by atoms with Gasteiger partial charge in [-0.25, -0.2) is 0 Å². The molecular weight excluding hydrogens is 450 g/mol. The summed E-state index contributed by atoms with van der Waals surface area (Å²) in [7, 11) is -3.95. The summed E-state index contributed by atoms with van der Waals surface area (Å²) in [6.45, 7) is 1.90. The van der Waals surface area contributed by atoms with Gasteiger partial charge in [-0.15, -0.1) is 11.6 Å². The number of rotatable bonds is 9. The molecule has 0 aliphatic rings. The fourth-order valence-electron chi connectivity index (χ4n) is 3.26. The van der Waals surface area contributed by atoms with Gasteiger partial charge in [-0.1, -0.05) is 60.7 Å². The predicted octanol–water partition coefficient (Wildman–Crippen LogP) is 4.32. The number of carbonyl (C=O) groups is 1. The van der Waals surface area contributed by atoms with E-state index >= 15 is 0 Å². The molecular formula is C24H24ClNO5S. The minimum absolute atomic E-state index is 0.0319. The summed E-state index contributed by atoms with van der Waals surface area (Å²) in [5.74, 6) is -0.374. The average molecular weight is 474 g/mol. The van der Waals surface area contributed by atoms with Crippen molar-refractivity contribution >= 4 is 27.6 Å². The molecule has 8 heteroatoms. The highest BCUT2D eigenvalue weighted by molar-refractivity contribution is 7.87. The number of alkyl halides is 1. The van der Waals surface area contributed by atoms with Gasteiger partial charge >= 0.3 is 10.1 Å². The molecule has 0 saturated carbocycles. The summed E-state index contributed by atoms with van der Waals surface area (Å²) in [6.07, 6.45) is -0.992. The first kappa shape index (κ1) is 23.8. The highest BCUT2D eigenvalue weighted by Gasteiger charge is 2.24. The van der Waals surface area contributed by atoms with Crippen molar-refractivity contribution < 1.29 is 22.5 Å². The van der Waals surface area contributed by atoms with Crippen LogP contribution in [0.25, 0.3) is 0 Å². The van der Waals surface area contributed by atoms with Crippen LogP contribution in [0, 0.1) is 0 Å². The van der Waals surface area contributed by atoms with E-state index in [0.29, 0.717) is 5.56 Å². The lowest BCUT2D eigenvalue weighted by Gasteiger charge is -2.31. The summed E-state index contributed by atoms with van der Waals surface area (Å²) in [5.41, 5.74) is 1.44. The third-order valence-electron chi connectivity index (χ3n) is 5.06. The summed E-state index contributed by atoms with van der Waals surface area (Å²) in [4.78, 5) is 14.0. The number of aliphatic hydroxyl groups excluding tert-OH is 1. The van der Waals surface area contributed by atoms with Crippen LogP contribution in [-0.4, -0.2) is 36.8 Å². The quantitative estimate of drug-likeness (QED) is 0.369. The van der Waals surface area contributed by atoms with Gasteiger partial charge in [0.15, 0.2) is 0 Å². The van der Waals surface area contributed by atoms with Crippen molar-refractivity contribution in [2.24, 2.45) is 0 Å². The molecule has 1 N–H and O–H groups in total. The van der Waals surface area contributed by atoms with Gasteiger partial charge in [-0.3, -0.25) is 4.79 Å². The van der Waals surface area contributed by atoms with Crippen molar-refractivity contribution in [3.63, 3.8) is 0 Å². The van der Waals surface area contributed by atoms with E-state index in [-0.39, 0.29) is 35.0 Å². The van der Waals surface area contributed by atoms with E-state index in [1.807, 2.05) is 37.3 Å². The number of hydrogen-bond donors (Lipinski definition) is 1. The number of aliphatic hydroxyl groups is 1. The van der Waals surface area contributed by atoms with Gasteiger partial charge < -0.3 is 14.2 Å². The molecule has 3 aromatic carbocycles. The van der Waals surface area contributed by atoms with E-state index in [2.05, 4.69) is 0 Å². The van der Waals surface area contributed by atoms with Gasteiger partial charge in [-0.05, 0) is 42.3 Å². The van der Waals surface area contributed by atoms with E-state index in [1.54, 1.807) is 30.3 Å². The van der Waals surface area contributed by atoms with Crippen LogP contribution in [0.4, 0.5) is 0 Å². The lowest BCUT2D eigenvalue weighted by Crippen LogP contribution is -2.37. The maximum atomic E-state index is 12.4. The molecule has 3 rings (SSSR count). The molecule has 2 atom stereocenters. The number of halogens is 1. The van der Waals surface area contributed by atoms with E-state index in [1.165, 1.54) is 29.2 Å². The van der Waals surface area contributed by atoms with Crippen molar-refractivity contribution in [2.45, 2.75) is 24.0 Å². The topological polar surface area (TPSA) is 83.9 Å². The second kappa shape index (κ2) is 10.6. The van der Waals surface area contributed by atoms with Crippen molar-refractivity contribution in [3.05, 3.63) is 96.1 Å². The Morgan fingerprint density at radius 2 is 1.50 bits per heavy atom. The Morgan fingerprint density at radius 3 is 2.06 bits per heavy atom. The van der Waals surface area contributed by atoms with Crippen molar-refractivity contribution in [1.29, 1.82) is 0 Å². The second-order valence-corrected chi connectivity index (χ2v) is 9.02. The first-order chi connectivity index (χ1) is 15.3. The fourth-order valence-corrected chi connectivity index (χ4v) is 4.37. The average Bonchev–Trinajstić information content (AvgIpc) is 2.83. The van der Waals surface area contributed by atoms with Crippen LogP contribution in [-0.2, 0) is 14.9 Å². The Hall–Kier alpha value is -2.87. The third kappa shape index (κ3) is 5.88. The molecule has 0 unspecified atom stereocenters. The monoisotopic (exact) mass is 473 g/mol. The van der Waals surface area contributed by atoms with Crippen LogP contribution in [0.1, 0.15) is 30.2 Å². The molecule has 0 aromatic heterocycles. The first-order valence-electron chi connectivity index (χ1n) is 10.00. The normalized spacial score (nSPS) is 13.2. The molecule has 1 amide bonds. The highest BCUT2D eigenvalue weighted by Crippen LogP contribution is 2.26. The SMILES string of the molecule is C[C@@H](c1ccccc1)N(C[C@@H](O)c1ccc(OS(=O)(=O)c2ccccc2)cc1)C(=O)CCl. The standard InChI is InChI=1S/C24H24ClNO5S/c1-18(19-8-4-2-5-9-19)26(24(28)16-25)17-23(27)20-12-14-21(15-13-20)31-32(29,30)22-10-6-3-7-11-22/h2-15,18,23,27H,16-17H2,1H3/t18-,23+/m0/s1. The minimum atomic E-state index is -3.95. The minimum Gasteiger partial charge on any atom is -0.387 e. The predicted molar refractivity (Wildman–Crippen MR) is 123 cm³/mol. The lowest BCUT2D eigenvalue weighted by molar-refractivity contribution is -0.132. The Balaban J connectivity index is 1.72. The Morgan fingerprint density at radius 1 is 0.938 bits per heavy atom. The molecule has 168 valence electrons. The van der Waals surface area contributed by atoms with Gasteiger partial charge in [0.05, 0.1) is 18.7 Å². The maximum Gasteiger partial charge on any atom is 0.339 e. The molecule has 0 saturated heterocycles. The molecule has 0 bridgehead atoms. The maximum absolute atomic E-state index is 12.4. The summed E-state index contributed by atoms with van der Waals surface area (Å²) in [5, 5.41) is 10.7. The van der Waals surface area contributed by atoms with Gasteiger partial charge in [0, 0.05) is 0 Å². The van der Waals surface area contributed by atoms with Crippen LogP contribution in [0.5, 0.6) is 5.75 Å². The van der Waals surface area contributed by atoms with Gasteiger partial charge in [0.25, 0.3) is 0 Å². The fraction of sp³-hybridized carbons (Fsp3) is 0.208. The van der Waals surface area contributed by atoms with Crippen LogP contribution in [0.2, 0.25) is 0 Å². The van der Waals surface area contributed by atoms with Crippen LogP contribution < -0.4 is 4.18 Å². The number of carbonyl (C=O) groups excluding carboxylic acids is 1. The van der Waals surface area contributed by atoms with Gasteiger partial charge in [0.2, 0.25) is 5.91 Å². The molecule has 0 heterocycles. The number of benzene rings is 3. The molecule has 0 aliphatic heterocycles. The van der Waals surface area contributed by atoms with Crippen molar-refractivity contribution in [2.75, 3.05) is 12.4 Å². The van der Waals surface area contributed by atoms with E-state index in [0.717, 1.165) is 5.56 Å². The molecule has 0 fully saturated rings. The molecule has 3 aromatic rings. The number of hydrogen-bond acceptors (Lipinski definition) is 5. The van der Waals surface area contributed by atoms with Crippen LogP contribution in [0.15, 0.2) is 89.8 Å². The van der Waals surface area contributed by atoms with E-state index < -0.39 is 16.2 Å². The Labute approximate surface area is 193 Å². The Bertz CT molecular complexity index is 1120. The largest absolute Gasteiger partial charge is 0.387 e.